The van der Waals surface area contributed by atoms with Crippen LogP contribution in [0.5, 0.6) is 0 Å². The highest BCUT2D eigenvalue weighted by Gasteiger charge is 2.41. The Kier molecular flexibility index (Phi) is 4.45. The lowest BCUT2D eigenvalue weighted by Crippen LogP contribution is -2.55. The molecule has 3 heterocycles. The highest BCUT2D eigenvalue weighted by molar-refractivity contribution is 4.98. The minimum absolute atomic E-state index is 0.764. The third kappa shape index (κ3) is 2.84. The van der Waals surface area contributed by atoms with Gasteiger partial charge in [-0.05, 0) is 52.1 Å². The summed E-state index contributed by atoms with van der Waals surface area (Å²) < 4.78 is 0. The standard InChI is InChI=1S/C16H31N3/c1-3-17-14-7-11-19(13(2)12-14)16-8-10-18-9-5-4-6-15(16)18/h13-17H,3-12H2,1-2H3. The molecule has 3 aliphatic heterocycles. The topological polar surface area (TPSA) is 18.5 Å². The second kappa shape index (κ2) is 6.11. The van der Waals surface area contributed by atoms with E-state index in [1.165, 1.54) is 58.2 Å². The number of nitrogens with one attached hydrogen (secondary N) is 1. The average molecular weight is 265 g/mol. The van der Waals surface area contributed by atoms with Crippen LogP contribution in [0.1, 0.15) is 52.4 Å². The highest BCUT2D eigenvalue weighted by atomic mass is 15.3. The van der Waals surface area contributed by atoms with E-state index in [0.29, 0.717) is 0 Å². The average Bonchev–Trinajstić information content (AvgIpc) is 2.83. The molecule has 0 aliphatic carbocycles. The molecule has 0 aromatic carbocycles. The van der Waals surface area contributed by atoms with Gasteiger partial charge < -0.3 is 5.32 Å². The molecule has 0 radical (unpaired) electrons. The first-order valence-corrected chi connectivity index (χ1v) is 8.52. The maximum Gasteiger partial charge on any atom is 0.0266 e. The number of piperidine rings is 2. The van der Waals surface area contributed by atoms with Gasteiger partial charge >= 0.3 is 0 Å². The molecule has 0 bridgehead atoms. The van der Waals surface area contributed by atoms with Gasteiger partial charge in [-0.2, -0.15) is 0 Å². The minimum atomic E-state index is 0.764. The lowest BCUT2D eigenvalue weighted by Gasteiger charge is -2.45. The Morgan fingerprint density at radius 2 is 1.89 bits per heavy atom. The maximum atomic E-state index is 3.65. The van der Waals surface area contributed by atoms with Crippen LogP contribution < -0.4 is 5.32 Å². The van der Waals surface area contributed by atoms with E-state index in [1.54, 1.807) is 0 Å². The van der Waals surface area contributed by atoms with Crippen molar-refractivity contribution in [2.75, 3.05) is 26.2 Å². The first-order valence-electron chi connectivity index (χ1n) is 8.52. The summed E-state index contributed by atoms with van der Waals surface area (Å²) in [5.41, 5.74) is 0. The Balaban J connectivity index is 1.60. The van der Waals surface area contributed by atoms with E-state index in [0.717, 1.165) is 30.7 Å². The fourth-order valence-electron chi connectivity index (χ4n) is 4.76. The van der Waals surface area contributed by atoms with Crippen LogP contribution in [-0.2, 0) is 0 Å². The predicted octanol–water partition coefficient (Wildman–Crippen LogP) is 2.08. The van der Waals surface area contributed by atoms with Crippen molar-refractivity contribution in [2.45, 2.75) is 76.5 Å². The van der Waals surface area contributed by atoms with Gasteiger partial charge in [0.1, 0.15) is 0 Å². The monoisotopic (exact) mass is 265 g/mol. The van der Waals surface area contributed by atoms with Crippen molar-refractivity contribution >= 4 is 0 Å². The molecule has 0 aromatic heterocycles. The van der Waals surface area contributed by atoms with E-state index < -0.39 is 0 Å². The van der Waals surface area contributed by atoms with E-state index in [9.17, 15) is 0 Å². The molecule has 4 unspecified atom stereocenters. The van der Waals surface area contributed by atoms with Crippen LogP contribution in [0.2, 0.25) is 0 Å². The first-order chi connectivity index (χ1) is 9.29. The largest absolute Gasteiger partial charge is 0.314 e. The molecule has 3 fully saturated rings. The molecule has 4 atom stereocenters. The van der Waals surface area contributed by atoms with Crippen LogP contribution in [-0.4, -0.2) is 60.1 Å². The van der Waals surface area contributed by atoms with Crippen LogP contribution in [0.3, 0.4) is 0 Å². The Morgan fingerprint density at radius 1 is 1.00 bits per heavy atom. The molecular formula is C16H31N3. The molecule has 3 nitrogen and oxygen atoms in total. The normalized spacial score (nSPS) is 41.4. The highest BCUT2D eigenvalue weighted by Crippen LogP contribution is 2.33. The number of fused-ring (bicyclic) bond motifs is 1. The zero-order chi connectivity index (χ0) is 13.2. The van der Waals surface area contributed by atoms with Gasteiger partial charge in [-0.15, -0.1) is 0 Å². The molecule has 3 rings (SSSR count). The second-order valence-corrected chi connectivity index (χ2v) is 6.82. The van der Waals surface area contributed by atoms with E-state index >= 15 is 0 Å². The van der Waals surface area contributed by atoms with Crippen molar-refractivity contribution in [3.05, 3.63) is 0 Å². The van der Waals surface area contributed by atoms with Crippen LogP contribution >= 0.6 is 0 Å². The number of hydrogen-bond donors (Lipinski definition) is 1. The van der Waals surface area contributed by atoms with Gasteiger partial charge in [0.25, 0.3) is 0 Å². The second-order valence-electron chi connectivity index (χ2n) is 6.82. The van der Waals surface area contributed by atoms with Gasteiger partial charge in [-0.25, -0.2) is 0 Å². The fraction of sp³-hybridized carbons (Fsp3) is 1.00. The molecule has 0 aromatic rings. The van der Waals surface area contributed by atoms with Crippen molar-refractivity contribution in [2.24, 2.45) is 0 Å². The van der Waals surface area contributed by atoms with Gasteiger partial charge in [0.05, 0.1) is 0 Å². The number of hydrogen-bond acceptors (Lipinski definition) is 3. The Morgan fingerprint density at radius 3 is 2.68 bits per heavy atom. The third-order valence-corrected chi connectivity index (χ3v) is 5.67. The van der Waals surface area contributed by atoms with Crippen LogP contribution in [0, 0.1) is 0 Å². The Hall–Kier alpha value is -0.120. The lowest BCUT2D eigenvalue weighted by atomic mass is 9.91. The van der Waals surface area contributed by atoms with Crippen LogP contribution in [0.25, 0.3) is 0 Å². The van der Waals surface area contributed by atoms with Crippen LogP contribution in [0.4, 0.5) is 0 Å². The quantitative estimate of drug-likeness (QED) is 0.843. The van der Waals surface area contributed by atoms with E-state index in [-0.39, 0.29) is 0 Å². The van der Waals surface area contributed by atoms with E-state index in [2.05, 4.69) is 29.0 Å². The van der Waals surface area contributed by atoms with Crippen molar-refractivity contribution in [1.82, 2.24) is 15.1 Å². The summed E-state index contributed by atoms with van der Waals surface area (Å²) in [6.45, 7) is 9.84. The summed E-state index contributed by atoms with van der Waals surface area (Å²) in [5, 5.41) is 3.65. The molecule has 3 heteroatoms. The summed E-state index contributed by atoms with van der Waals surface area (Å²) in [6, 6.07) is 3.27. The smallest absolute Gasteiger partial charge is 0.0266 e. The molecule has 0 amide bonds. The van der Waals surface area contributed by atoms with Crippen LogP contribution in [0.15, 0.2) is 0 Å². The van der Waals surface area contributed by atoms with E-state index in [4.69, 9.17) is 0 Å². The van der Waals surface area contributed by atoms with Crippen molar-refractivity contribution in [1.29, 1.82) is 0 Å². The number of nitrogens with zero attached hydrogens (tertiary/aromatic N) is 2. The first kappa shape index (κ1) is 13.8. The Bertz CT molecular complexity index is 294. The fourth-order valence-corrected chi connectivity index (χ4v) is 4.76. The van der Waals surface area contributed by atoms with Gasteiger partial charge in [-0.3, -0.25) is 9.80 Å². The zero-order valence-electron chi connectivity index (χ0n) is 12.8. The summed E-state index contributed by atoms with van der Waals surface area (Å²) in [5.74, 6) is 0. The summed E-state index contributed by atoms with van der Waals surface area (Å²) >= 11 is 0. The Labute approximate surface area is 118 Å². The molecule has 0 saturated carbocycles. The number of likely N-dealkylation sites (tertiary alicyclic amines) is 1. The summed E-state index contributed by atoms with van der Waals surface area (Å²) in [6.07, 6.45) is 8.45. The van der Waals surface area contributed by atoms with Gasteiger partial charge in [-0.1, -0.05) is 13.3 Å². The van der Waals surface area contributed by atoms with Crippen molar-refractivity contribution in [3.63, 3.8) is 0 Å². The lowest BCUT2D eigenvalue weighted by molar-refractivity contribution is 0.0543. The predicted molar refractivity (Wildman–Crippen MR) is 80.5 cm³/mol. The molecule has 110 valence electrons. The molecule has 0 spiro atoms. The number of rotatable bonds is 3. The zero-order valence-corrected chi connectivity index (χ0v) is 12.8. The van der Waals surface area contributed by atoms with Crippen molar-refractivity contribution < 1.29 is 0 Å². The molecule has 3 saturated heterocycles. The third-order valence-electron chi connectivity index (χ3n) is 5.67. The SMILES string of the molecule is CCNC1CCN(C2CCN3CCCCC23)C(C)C1. The molecule has 3 aliphatic rings. The summed E-state index contributed by atoms with van der Waals surface area (Å²) in [7, 11) is 0. The summed E-state index contributed by atoms with van der Waals surface area (Å²) in [4.78, 5) is 5.63. The molecule has 19 heavy (non-hydrogen) atoms. The van der Waals surface area contributed by atoms with Crippen molar-refractivity contribution in [3.8, 4) is 0 Å². The maximum absolute atomic E-state index is 3.65. The molecule has 1 N–H and O–H groups in total. The minimum Gasteiger partial charge on any atom is -0.314 e. The van der Waals surface area contributed by atoms with Gasteiger partial charge in [0, 0.05) is 37.3 Å². The van der Waals surface area contributed by atoms with Gasteiger partial charge in [0.15, 0.2) is 0 Å². The van der Waals surface area contributed by atoms with Gasteiger partial charge in [0.2, 0.25) is 0 Å². The van der Waals surface area contributed by atoms with E-state index in [1.807, 2.05) is 0 Å². The molecular weight excluding hydrogens is 234 g/mol.